The molecule has 0 saturated carbocycles. The first-order chi connectivity index (χ1) is 10.0. The van der Waals surface area contributed by atoms with Crippen LogP contribution in [0.3, 0.4) is 0 Å². The van der Waals surface area contributed by atoms with Crippen LogP contribution in [-0.2, 0) is 14.3 Å². The zero-order valence-electron chi connectivity index (χ0n) is 12.6. The zero-order chi connectivity index (χ0) is 15.8. The minimum absolute atomic E-state index is 0.0451. The summed E-state index contributed by atoms with van der Waals surface area (Å²) in [4.78, 5) is 25.5. The lowest BCUT2D eigenvalue weighted by Crippen LogP contribution is -2.39. The summed E-state index contributed by atoms with van der Waals surface area (Å²) >= 11 is 0. The van der Waals surface area contributed by atoms with Crippen LogP contribution in [0.2, 0.25) is 0 Å². The van der Waals surface area contributed by atoms with E-state index in [-0.39, 0.29) is 31.4 Å². The molecule has 6 nitrogen and oxygen atoms in total. The average molecular weight is 295 g/mol. The number of ether oxygens (including phenoxy) is 2. The van der Waals surface area contributed by atoms with Gasteiger partial charge in [-0.1, -0.05) is 6.07 Å². The molecule has 0 heterocycles. The summed E-state index contributed by atoms with van der Waals surface area (Å²) in [6.07, 6.45) is 0. The van der Waals surface area contributed by atoms with Gasteiger partial charge in [0.05, 0.1) is 13.2 Å². The summed E-state index contributed by atoms with van der Waals surface area (Å²) in [5.74, 6) is -0.767. The number of aromatic hydroxyl groups is 1. The summed E-state index contributed by atoms with van der Waals surface area (Å²) in [6.45, 7) is 4.05. The number of benzene rings is 1. The topological polar surface area (TPSA) is 76.1 Å². The molecular formula is C15H21NO5. The van der Waals surface area contributed by atoms with Crippen LogP contribution in [-0.4, -0.2) is 55.3 Å². The van der Waals surface area contributed by atoms with E-state index in [0.29, 0.717) is 17.7 Å². The van der Waals surface area contributed by atoms with Crippen molar-refractivity contribution in [1.82, 2.24) is 4.90 Å². The Labute approximate surface area is 124 Å². The number of nitrogens with zero attached hydrogens (tertiary/aromatic N) is 1. The van der Waals surface area contributed by atoms with Crippen molar-refractivity contribution in [2.75, 3.05) is 33.4 Å². The number of esters is 1. The predicted molar refractivity (Wildman–Crippen MR) is 77.3 cm³/mol. The van der Waals surface area contributed by atoms with E-state index in [2.05, 4.69) is 0 Å². The molecule has 0 aliphatic heterocycles. The fourth-order valence-electron chi connectivity index (χ4n) is 1.84. The van der Waals surface area contributed by atoms with Crippen LogP contribution in [0.25, 0.3) is 0 Å². The first kappa shape index (κ1) is 17.0. The van der Waals surface area contributed by atoms with Gasteiger partial charge in [0.2, 0.25) is 0 Å². The van der Waals surface area contributed by atoms with Crippen LogP contribution in [0.4, 0.5) is 0 Å². The molecule has 0 aromatic heterocycles. The van der Waals surface area contributed by atoms with E-state index < -0.39 is 5.97 Å². The lowest BCUT2D eigenvalue weighted by molar-refractivity contribution is -0.143. The molecule has 0 spiro atoms. The molecule has 1 rings (SSSR count). The Morgan fingerprint density at radius 1 is 1.33 bits per heavy atom. The monoisotopic (exact) mass is 295 g/mol. The van der Waals surface area contributed by atoms with Crippen molar-refractivity contribution in [3.05, 3.63) is 29.3 Å². The van der Waals surface area contributed by atoms with Gasteiger partial charge in [-0.05, 0) is 26.0 Å². The van der Waals surface area contributed by atoms with Gasteiger partial charge < -0.3 is 19.5 Å². The van der Waals surface area contributed by atoms with Gasteiger partial charge in [0.25, 0.3) is 5.91 Å². The molecule has 21 heavy (non-hydrogen) atoms. The Bertz CT molecular complexity index is 501. The number of methoxy groups -OCH3 is 1. The molecule has 0 fully saturated rings. The molecule has 0 atom stereocenters. The molecule has 0 aliphatic rings. The highest BCUT2D eigenvalue weighted by Gasteiger charge is 2.21. The SMILES string of the molecule is CCOC(=O)CN(CCOC)C(=O)c1cccc(O)c1C. The van der Waals surface area contributed by atoms with Gasteiger partial charge in [-0.25, -0.2) is 0 Å². The third-order valence-corrected chi connectivity index (χ3v) is 3.01. The number of carbonyl (C=O) groups excluding carboxylic acids is 2. The van der Waals surface area contributed by atoms with E-state index in [1.54, 1.807) is 26.0 Å². The first-order valence-electron chi connectivity index (χ1n) is 6.73. The molecule has 0 bridgehead atoms. The lowest BCUT2D eigenvalue weighted by atomic mass is 10.1. The van der Waals surface area contributed by atoms with Gasteiger partial charge in [-0.2, -0.15) is 0 Å². The highest BCUT2D eigenvalue weighted by molar-refractivity contribution is 5.97. The van der Waals surface area contributed by atoms with Crippen LogP contribution in [0.1, 0.15) is 22.8 Å². The maximum Gasteiger partial charge on any atom is 0.325 e. The highest BCUT2D eigenvalue weighted by atomic mass is 16.5. The number of rotatable bonds is 7. The lowest BCUT2D eigenvalue weighted by Gasteiger charge is -2.22. The number of hydrogen-bond acceptors (Lipinski definition) is 5. The molecule has 1 amide bonds. The van der Waals surface area contributed by atoms with Gasteiger partial charge in [-0.3, -0.25) is 9.59 Å². The van der Waals surface area contributed by atoms with Crippen LogP contribution in [0, 0.1) is 6.92 Å². The number of phenolic OH excluding ortho intramolecular Hbond substituents is 1. The van der Waals surface area contributed by atoms with Crippen molar-refractivity contribution in [2.45, 2.75) is 13.8 Å². The Morgan fingerprint density at radius 2 is 2.05 bits per heavy atom. The quantitative estimate of drug-likeness (QED) is 0.768. The summed E-state index contributed by atoms with van der Waals surface area (Å²) in [5, 5.41) is 9.69. The minimum atomic E-state index is -0.472. The maximum atomic E-state index is 12.5. The largest absolute Gasteiger partial charge is 0.508 e. The van der Waals surface area contributed by atoms with Crippen molar-refractivity contribution >= 4 is 11.9 Å². The summed E-state index contributed by atoms with van der Waals surface area (Å²) in [7, 11) is 1.52. The smallest absolute Gasteiger partial charge is 0.325 e. The van der Waals surface area contributed by atoms with E-state index in [0.717, 1.165) is 0 Å². The Balaban J connectivity index is 2.93. The molecule has 116 valence electrons. The Hall–Kier alpha value is -2.08. The first-order valence-corrected chi connectivity index (χ1v) is 6.73. The molecule has 1 aromatic carbocycles. The zero-order valence-corrected chi connectivity index (χ0v) is 12.6. The van der Waals surface area contributed by atoms with Gasteiger partial charge in [0.15, 0.2) is 0 Å². The Morgan fingerprint density at radius 3 is 2.67 bits per heavy atom. The number of hydrogen-bond donors (Lipinski definition) is 1. The molecule has 0 aliphatic carbocycles. The third-order valence-electron chi connectivity index (χ3n) is 3.01. The summed E-state index contributed by atoms with van der Waals surface area (Å²) in [6, 6.07) is 4.72. The molecule has 0 saturated heterocycles. The highest BCUT2D eigenvalue weighted by Crippen LogP contribution is 2.20. The second kappa shape index (κ2) is 8.26. The van der Waals surface area contributed by atoms with Crippen molar-refractivity contribution in [3.63, 3.8) is 0 Å². The molecule has 6 heteroatoms. The van der Waals surface area contributed by atoms with E-state index in [1.807, 2.05) is 0 Å². The van der Waals surface area contributed by atoms with E-state index in [9.17, 15) is 14.7 Å². The van der Waals surface area contributed by atoms with Crippen LogP contribution in [0.15, 0.2) is 18.2 Å². The summed E-state index contributed by atoms with van der Waals surface area (Å²) in [5.41, 5.74) is 0.837. The molecule has 0 unspecified atom stereocenters. The van der Waals surface area contributed by atoms with Crippen LogP contribution < -0.4 is 0 Å². The second-order valence-electron chi connectivity index (χ2n) is 4.47. The standard InChI is InChI=1S/C15H21NO5/c1-4-21-14(18)10-16(8-9-20-3)15(19)12-6-5-7-13(17)11(12)2/h5-7,17H,4,8-10H2,1-3H3. The number of carbonyl (C=O) groups is 2. The molecule has 0 radical (unpaired) electrons. The summed E-state index contributed by atoms with van der Waals surface area (Å²) < 4.78 is 9.83. The average Bonchev–Trinajstić information content (AvgIpc) is 2.46. The third kappa shape index (κ3) is 4.75. The van der Waals surface area contributed by atoms with Gasteiger partial charge in [0, 0.05) is 24.8 Å². The van der Waals surface area contributed by atoms with Crippen LogP contribution in [0.5, 0.6) is 5.75 Å². The fourth-order valence-corrected chi connectivity index (χ4v) is 1.84. The van der Waals surface area contributed by atoms with Crippen molar-refractivity contribution in [1.29, 1.82) is 0 Å². The number of amides is 1. The second-order valence-corrected chi connectivity index (χ2v) is 4.47. The maximum absolute atomic E-state index is 12.5. The fraction of sp³-hybridized carbons (Fsp3) is 0.467. The number of phenols is 1. The van der Waals surface area contributed by atoms with Gasteiger partial charge in [0.1, 0.15) is 12.3 Å². The van der Waals surface area contributed by atoms with Gasteiger partial charge >= 0.3 is 5.97 Å². The van der Waals surface area contributed by atoms with E-state index in [1.165, 1.54) is 18.1 Å². The van der Waals surface area contributed by atoms with E-state index in [4.69, 9.17) is 9.47 Å². The molecular weight excluding hydrogens is 274 g/mol. The molecule has 1 aromatic rings. The van der Waals surface area contributed by atoms with Crippen LogP contribution >= 0.6 is 0 Å². The Kier molecular flexibility index (Phi) is 6.68. The van der Waals surface area contributed by atoms with Gasteiger partial charge in [-0.15, -0.1) is 0 Å². The minimum Gasteiger partial charge on any atom is -0.508 e. The normalized spacial score (nSPS) is 10.2. The predicted octanol–water partition coefficient (Wildman–Crippen LogP) is 1.35. The van der Waals surface area contributed by atoms with Crippen molar-refractivity contribution in [2.24, 2.45) is 0 Å². The van der Waals surface area contributed by atoms with E-state index >= 15 is 0 Å². The van der Waals surface area contributed by atoms with Crippen molar-refractivity contribution in [3.8, 4) is 5.75 Å². The van der Waals surface area contributed by atoms with Crippen molar-refractivity contribution < 1.29 is 24.2 Å². The molecule has 1 N–H and O–H groups in total.